The summed E-state index contributed by atoms with van der Waals surface area (Å²) >= 11 is 5.83. The first-order valence-corrected chi connectivity index (χ1v) is 9.05. The molecule has 1 amide bonds. The zero-order valence-electron chi connectivity index (χ0n) is 14.9. The van der Waals surface area contributed by atoms with Gasteiger partial charge in [-0.15, -0.1) is 0 Å². The first-order chi connectivity index (χ1) is 13.1. The van der Waals surface area contributed by atoms with Crippen LogP contribution in [0.15, 0.2) is 60.1 Å². The average molecular weight is 382 g/mol. The van der Waals surface area contributed by atoms with E-state index >= 15 is 0 Å². The van der Waals surface area contributed by atoms with Crippen LogP contribution in [-0.2, 0) is 11.3 Å². The van der Waals surface area contributed by atoms with Gasteiger partial charge in [0.15, 0.2) is 5.57 Å². The molecule has 1 unspecified atom stereocenters. The molecule has 3 rings (SSSR count). The Morgan fingerprint density at radius 1 is 1.37 bits per heavy atom. The quantitative estimate of drug-likeness (QED) is 0.473. The van der Waals surface area contributed by atoms with E-state index < -0.39 is 5.91 Å². The Labute approximate surface area is 163 Å². The number of nitrogens with zero attached hydrogens (tertiary/aromatic N) is 3. The molecule has 1 atom stereocenters. The van der Waals surface area contributed by atoms with Crippen molar-refractivity contribution in [2.45, 2.75) is 19.5 Å². The van der Waals surface area contributed by atoms with Gasteiger partial charge in [0, 0.05) is 25.8 Å². The third-order valence-corrected chi connectivity index (χ3v) is 4.60. The summed E-state index contributed by atoms with van der Waals surface area (Å²) in [6, 6.07) is 15.1. The molecule has 7 heteroatoms. The van der Waals surface area contributed by atoms with Gasteiger partial charge in [0.25, 0.3) is 5.91 Å². The van der Waals surface area contributed by atoms with Gasteiger partial charge in [-0.1, -0.05) is 48.0 Å². The second-order valence-corrected chi connectivity index (χ2v) is 6.67. The van der Waals surface area contributed by atoms with Gasteiger partial charge >= 0.3 is 0 Å². The number of hydrogen-bond donors (Lipinski definition) is 2. The molecule has 0 radical (unpaired) electrons. The maximum absolute atomic E-state index is 12.7. The van der Waals surface area contributed by atoms with Crippen molar-refractivity contribution in [3.63, 3.8) is 0 Å². The summed E-state index contributed by atoms with van der Waals surface area (Å²) in [7, 11) is 0. The van der Waals surface area contributed by atoms with Crippen molar-refractivity contribution in [1.82, 2.24) is 20.5 Å². The standard InChI is InChI=1S/C20H20ClN5O/c1-14(16-5-3-2-4-6-16)25-20(27)17(11-22)19-23-9-10-26(19)13-15-7-8-18(21)24-12-15/h2-8,12,14,23H,9-10,13H2,1H3,(H,25,27)/b19-17+. The number of carbonyl (C=O) groups is 1. The van der Waals surface area contributed by atoms with Gasteiger partial charge in [-0.3, -0.25) is 4.79 Å². The molecule has 2 N–H and O–H groups in total. The topological polar surface area (TPSA) is 81.0 Å². The minimum atomic E-state index is -0.391. The molecule has 1 aliphatic rings. The van der Waals surface area contributed by atoms with E-state index in [1.165, 1.54) is 0 Å². The van der Waals surface area contributed by atoms with E-state index in [1.54, 1.807) is 12.3 Å². The van der Waals surface area contributed by atoms with Crippen LogP contribution in [0.1, 0.15) is 24.1 Å². The lowest BCUT2D eigenvalue weighted by Gasteiger charge is -2.21. The van der Waals surface area contributed by atoms with Crippen molar-refractivity contribution >= 4 is 17.5 Å². The zero-order chi connectivity index (χ0) is 19.2. The van der Waals surface area contributed by atoms with E-state index in [-0.39, 0.29) is 11.6 Å². The van der Waals surface area contributed by atoms with E-state index in [9.17, 15) is 10.1 Å². The van der Waals surface area contributed by atoms with Crippen LogP contribution in [0, 0.1) is 11.3 Å². The number of rotatable bonds is 5. The minimum absolute atomic E-state index is 0.0807. The van der Waals surface area contributed by atoms with Crippen molar-refractivity contribution < 1.29 is 4.79 Å². The molecule has 27 heavy (non-hydrogen) atoms. The Morgan fingerprint density at radius 3 is 2.81 bits per heavy atom. The summed E-state index contributed by atoms with van der Waals surface area (Å²) in [6.45, 7) is 3.80. The van der Waals surface area contributed by atoms with Crippen LogP contribution in [0.2, 0.25) is 5.15 Å². The molecule has 1 aromatic carbocycles. The average Bonchev–Trinajstić information content (AvgIpc) is 3.12. The molecule has 1 aromatic heterocycles. The largest absolute Gasteiger partial charge is 0.369 e. The number of carbonyl (C=O) groups excluding carboxylic acids is 1. The van der Waals surface area contributed by atoms with Gasteiger partial charge in [-0.2, -0.15) is 5.26 Å². The molecule has 2 heterocycles. The lowest BCUT2D eigenvalue weighted by Crippen LogP contribution is -2.32. The predicted octanol–water partition coefficient (Wildman–Crippen LogP) is 2.75. The Bertz CT molecular complexity index is 873. The first kappa shape index (κ1) is 18.7. The predicted molar refractivity (Wildman–Crippen MR) is 103 cm³/mol. The van der Waals surface area contributed by atoms with Crippen LogP contribution >= 0.6 is 11.6 Å². The highest BCUT2D eigenvalue weighted by Gasteiger charge is 2.25. The van der Waals surface area contributed by atoms with Gasteiger partial charge in [-0.05, 0) is 24.1 Å². The number of aromatic nitrogens is 1. The second-order valence-electron chi connectivity index (χ2n) is 6.28. The summed E-state index contributed by atoms with van der Waals surface area (Å²) in [5.41, 5.74) is 2.02. The summed E-state index contributed by atoms with van der Waals surface area (Å²) in [6.07, 6.45) is 1.70. The molecular weight excluding hydrogens is 362 g/mol. The third kappa shape index (κ3) is 4.57. The Morgan fingerprint density at radius 2 is 2.15 bits per heavy atom. The molecule has 6 nitrogen and oxygen atoms in total. The van der Waals surface area contributed by atoms with Crippen molar-refractivity contribution in [2.75, 3.05) is 13.1 Å². The summed E-state index contributed by atoms with van der Waals surface area (Å²) < 4.78 is 0. The normalized spacial score (nSPS) is 16.3. The number of hydrogen-bond acceptors (Lipinski definition) is 5. The van der Waals surface area contributed by atoms with E-state index in [2.05, 4.69) is 21.7 Å². The van der Waals surface area contributed by atoms with Crippen LogP contribution in [0.25, 0.3) is 0 Å². The summed E-state index contributed by atoms with van der Waals surface area (Å²) in [5.74, 6) is 0.155. The van der Waals surface area contributed by atoms with Crippen LogP contribution in [0.5, 0.6) is 0 Å². The molecule has 1 fully saturated rings. The fourth-order valence-corrected chi connectivity index (χ4v) is 3.07. The van der Waals surface area contributed by atoms with Crippen LogP contribution in [0.4, 0.5) is 0 Å². The number of nitriles is 1. The number of nitrogens with one attached hydrogen (secondary N) is 2. The SMILES string of the molecule is CC(NC(=O)/C(C#N)=C1\NCCN1Cc1ccc(Cl)nc1)c1ccccc1. The third-order valence-electron chi connectivity index (χ3n) is 4.38. The summed E-state index contributed by atoms with van der Waals surface area (Å²) in [4.78, 5) is 18.7. The van der Waals surface area contributed by atoms with Crippen LogP contribution in [-0.4, -0.2) is 28.9 Å². The molecule has 0 spiro atoms. The highest BCUT2D eigenvalue weighted by Crippen LogP contribution is 2.18. The maximum Gasteiger partial charge on any atom is 0.266 e. The number of amides is 1. The van der Waals surface area contributed by atoms with Gasteiger partial charge in [0.05, 0.1) is 6.04 Å². The molecule has 2 aromatic rings. The highest BCUT2D eigenvalue weighted by atomic mass is 35.5. The monoisotopic (exact) mass is 381 g/mol. The van der Waals surface area contributed by atoms with Crippen molar-refractivity contribution in [1.29, 1.82) is 5.26 Å². The van der Waals surface area contributed by atoms with Gasteiger partial charge in [0.1, 0.15) is 17.0 Å². The Balaban J connectivity index is 1.76. The number of pyridine rings is 1. The number of halogens is 1. The fourth-order valence-electron chi connectivity index (χ4n) is 2.96. The van der Waals surface area contributed by atoms with Gasteiger partial charge in [-0.25, -0.2) is 4.98 Å². The lowest BCUT2D eigenvalue weighted by molar-refractivity contribution is -0.117. The van der Waals surface area contributed by atoms with Crippen molar-refractivity contribution in [3.05, 3.63) is 76.3 Å². The van der Waals surface area contributed by atoms with Gasteiger partial charge in [0.2, 0.25) is 0 Å². The van der Waals surface area contributed by atoms with Crippen molar-refractivity contribution in [3.8, 4) is 6.07 Å². The molecule has 0 bridgehead atoms. The molecule has 1 saturated heterocycles. The molecule has 138 valence electrons. The number of benzene rings is 1. The van der Waals surface area contributed by atoms with E-state index in [4.69, 9.17) is 11.6 Å². The smallest absolute Gasteiger partial charge is 0.266 e. The highest BCUT2D eigenvalue weighted by molar-refractivity contribution is 6.29. The van der Waals surface area contributed by atoms with E-state index in [0.29, 0.717) is 30.6 Å². The molecule has 1 aliphatic heterocycles. The Hall–Kier alpha value is -3.04. The zero-order valence-corrected chi connectivity index (χ0v) is 15.7. The second kappa shape index (κ2) is 8.56. The van der Waals surface area contributed by atoms with Gasteiger partial charge < -0.3 is 15.5 Å². The Kier molecular flexibility index (Phi) is 5.94. The van der Waals surface area contributed by atoms with Crippen molar-refractivity contribution in [2.24, 2.45) is 0 Å². The first-order valence-electron chi connectivity index (χ1n) is 8.68. The maximum atomic E-state index is 12.7. The molecule has 0 saturated carbocycles. The van der Waals surface area contributed by atoms with Crippen LogP contribution in [0.3, 0.4) is 0 Å². The molecular formula is C20H20ClN5O. The fraction of sp³-hybridized carbons (Fsp3) is 0.250. The minimum Gasteiger partial charge on any atom is -0.369 e. The lowest BCUT2D eigenvalue weighted by atomic mass is 10.1. The van der Waals surface area contributed by atoms with Crippen LogP contribution < -0.4 is 10.6 Å². The van der Waals surface area contributed by atoms with E-state index in [1.807, 2.05) is 48.2 Å². The van der Waals surface area contributed by atoms with E-state index in [0.717, 1.165) is 11.1 Å². The molecule has 0 aliphatic carbocycles. The summed E-state index contributed by atoms with van der Waals surface area (Å²) in [5, 5.41) is 16.1.